The average molecular weight is 933 g/mol. The highest BCUT2D eigenvalue weighted by Gasteiger charge is 2.46. The summed E-state index contributed by atoms with van der Waals surface area (Å²) in [7, 11) is 0. The predicted octanol–water partition coefficient (Wildman–Crippen LogP) is 18.5. The average Bonchev–Trinajstić information content (AvgIpc) is 4.17. The van der Waals surface area contributed by atoms with Crippen molar-refractivity contribution in [3.8, 4) is 39.1 Å². The van der Waals surface area contributed by atoms with E-state index in [0.717, 1.165) is 50.1 Å². The molecule has 2 aliphatic carbocycles. The number of rotatable bonds is 7. The van der Waals surface area contributed by atoms with Crippen LogP contribution in [0.4, 0.5) is 17.1 Å². The first-order chi connectivity index (χ1) is 35.9. The second kappa shape index (κ2) is 15.7. The summed E-state index contributed by atoms with van der Waals surface area (Å²) in [5, 5.41) is 4.80. The highest BCUT2D eigenvalue weighted by atomic mass is 16.3. The monoisotopic (exact) mass is 932 g/mol. The molecule has 2 aromatic heterocycles. The quantitative estimate of drug-likeness (QED) is 0.159. The lowest BCUT2D eigenvalue weighted by atomic mass is 9.68. The summed E-state index contributed by atoms with van der Waals surface area (Å²) in [5.41, 5.74) is 23.1. The smallest absolute Gasteiger partial charge is 0.135 e. The lowest BCUT2D eigenvalue weighted by Gasteiger charge is -2.34. The van der Waals surface area contributed by atoms with Crippen LogP contribution in [-0.4, -0.2) is 4.57 Å². The van der Waals surface area contributed by atoms with E-state index in [9.17, 15) is 0 Å². The molecule has 0 aliphatic heterocycles. The summed E-state index contributed by atoms with van der Waals surface area (Å²) in [6, 6.07) is 94.1. The van der Waals surface area contributed by atoms with Crippen LogP contribution in [0.3, 0.4) is 0 Å². The molecule has 2 heterocycles. The summed E-state index contributed by atoms with van der Waals surface area (Å²) in [6.07, 6.45) is 0. The molecule has 0 amide bonds. The maximum absolute atomic E-state index is 6.22. The van der Waals surface area contributed by atoms with Crippen LogP contribution in [0.15, 0.2) is 259 Å². The Kier molecular flexibility index (Phi) is 8.92. The van der Waals surface area contributed by atoms with Gasteiger partial charge in [-0.05, 0) is 146 Å². The molecule has 73 heavy (non-hydrogen) atoms. The van der Waals surface area contributed by atoms with Crippen molar-refractivity contribution in [3.05, 3.63) is 288 Å². The number of fused-ring (bicyclic) bond motifs is 12. The Morgan fingerprint density at radius 3 is 1.59 bits per heavy atom. The van der Waals surface area contributed by atoms with E-state index in [1.165, 1.54) is 83.1 Å². The lowest BCUT2D eigenvalue weighted by molar-refractivity contribution is 0.660. The first-order valence-corrected chi connectivity index (χ1v) is 25.4. The molecule has 0 unspecified atom stereocenters. The van der Waals surface area contributed by atoms with Crippen LogP contribution >= 0.6 is 0 Å². The Balaban J connectivity index is 0.894. The molecule has 11 aromatic carbocycles. The molecule has 2 aliphatic rings. The number of para-hydroxylation sites is 3. The van der Waals surface area contributed by atoms with Gasteiger partial charge in [-0.1, -0.05) is 190 Å². The van der Waals surface area contributed by atoms with E-state index >= 15 is 0 Å². The van der Waals surface area contributed by atoms with Gasteiger partial charge in [0.1, 0.15) is 11.2 Å². The van der Waals surface area contributed by atoms with Gasteiger partial charge in [-0.15, -0.1) is 0 Å². The third-order valence-corrected chi connectivity index (χ3v) is 16.3. The molecule has 0 saturated carbocycles. The summed E-state index contributed by atoms with van der Waals surface area (Å²) in [5.74, 6) is 0. The molecule has 0 bridgehead atoms. The molecular formula is C70H48N2O. The fraction of sp³-hybridized carbons (Fsp3) is 0.0571. The Hall–Kier alpha value is -9.18. The van der Waals surface area contributed by atoms with Gasteiger partial charge in [0.2, 0.25) is 0 Å². The Morgan fingerprint density at radius 2 is 0.863 bits per heavy atom. The van der Waals surface area contributed by atoms with Crippen LogP contribution in [0.5, 0.6) is 0 Å². The largest absolute Gasteiger partial charge is 0.456 e. The van der Waals surface area contributed by atoms with Gasteiger partial charge < -0.3 is 13.9 Å². The van der Waals surface area contributed by atoms with E-state index in [-0.39, 0.29) is 5.41 Å². The lowest BCUT2D eigenvalue weighted by Crippen LogP contribution is -2.28. The topological polar surface area (TPSA) is 21.3 Å². The summed E-state index contributed by atoms with van der Waals surface area (Å²) in [4.78, 5) is 2.47. The first-order valence-electron chi connectivity index (χ1n) is 25.4. The van der Waals surface area contributed by atoms with Crippen LogP contribution < -0.4 is 4.90 Å². The molecule has 0 N–H and O–H groups in total. The molecule has 344 valence electrons. The molecule has 3 heteroatoms. The maximum atomic E-state index is 6.22. The van der Waals surface area contributed by atoms with Crippen LogP contribution in [0.25, 0.3) is 82.8 Å². The number of hydrogen-bond donors (Lipinski definition) is 0. The number of nitrogens with zero attached hydrogens (tertiary/aromatic N) is 2. The first kappa shape index (κ1) is 41.6. The number of hydrogen-bond acceptors (Lipinski definition) is 2. The minimum Gasteiger partial charge on any atom is -0.456 e. The van der Waals surface area contributed by atoms with Crippen molar-refractivity contribution in [2.45, 2.75) is 24.7 Å². The standard InChI is InChI=1S/C70H48N2O/c1-69(2)63-43-51(34-37-54(63)55-38-35-52(44-64(55)69)72-65-26-14-10-22-56(65)57-23-11-15-27-66(57)72)71(49-32-29-45(30-33-49)46-31-40-68-60(41-46)58-24-12-16-28-67(58)73-68)50-36-39-62-59(42-50)53-21-9-13-25-61(53)70(62,47-17-5-3-6-18-47)48-19-7-4-8-20-48/h3-44H,1-2H3. The molecular weight excluding hydrogens is 885 g/mol. The highest BCUT2D eigenvalue weighted by molar-refractivity contribution is 6.09. The Bertz CT molecular complexity index is 4250. The minimum atomic E-state index is -0.484. The van der Waals surface area contributed by atoms with Crippen molar-refractivity contribution in [1.82, 2.24) is 4.57 Å². The van der Waals surface area contributed by atoms with Gasteiger partial charge in [-0.25, -0.2) is 0 Å². The fourth-order valence-electron chi connectivity index (χ4n) is 12.9. The minimum absolute atomic E-state index is 0.275. The van der Waals surface area contributed by atoms with E-state index in [0.29, 0.717) is 0 Å². The molecule has 0 fully saturated rings. The molecule has 15 rings (SSSR count). The molecule has 0 radical (unpaired) electrons. The number of furan rings is 1. The van der Waals surface area contributed by atoms with Crippen LogP contribution in [0, 0.1) is 0 Å². The third-order valence-electron chi connectivity index (χ3n) is 16.3. The van der Waals surface area contributed by atoms with Crippen molar-refractivity contribution in [2.24, 2.45) is 0 Å². The number of aromatic nitrogens is 1. The summed E-state index contributed by atoms with van der Waals surface area (Å²) in [6.45, 7) is 4.80. The SMILES string of the molecule is CC1(C)c2cc(N(c3ccc(-c4ccc5oc6ccccc6c5c4)cc3)c3ccc4c(c3)-c3ccccc3C4(c3ccccc3)c3ccccc3)ccc2-c2ccc(-n3c4ccccc4c4ccccc43)cc21. The second-order valence-corrected chi connectivity index (χ2v) is 20.4. The maximum Gasteiger partial charge on any atom is 0.135 e. The van der Waals surface area contributed by atoms with Gasteiger partial charge in [-0.2, -0.15) is 0 Å². The van der Waals surface area contributed by atoms with E-state index < -0.39 is 5.41 Å². The molecule has 13 aromatic rings. The van der Waals surface area contributed by atoms with E-state index in [4.69, 9.17) is 4.42 Å². The molecule has 0 saturated heterocycles. The summed E-state index contributed by atoms with van der Waals surface area (Å²) >= 11 is 0. The van der Waals surface area contributed by atoms with Crippen LogP contribution in [0.1, 0.15) is 47.2 Å². The molecule has 3 nitrogen and oxygen atoms in total. The third kappa shape index (κ3) is 6.00. The molecule has 0 spiro atoms. The van der Waals surface area contributed by atoms with Crippen molar-refractivity contribution < 1.29 is 4.42 Å². The zero-order valence-corrected chi connectivity index (χ0v) is 40.6. The predicted molar refractivity (Wildman–Crippen MR) is 303 cm³/mol. The Labute approximate surface area is 424 Å². The van der Waals surface area contributed by atoms with Gasteiger partial charge in [0.25, 0.3) is 0 Å². The second-order valence-electron chi connectivity index (χ2n) is 20.4. The van der Waals surface area contributed by atoms with Gasteiger partial charge in [-0.3, -0.25) is 0 Å². The van der Waals surface area contributed by atoms with Gasteiger partial charge in [0, 0.05) is 49.7 Å². The van der Waals surface area contributed by atoms with E-state index in [1.807, 2.05) is 12.1 Å². The van der Waals surface area contributed by atoms with Crippen molar-refractivity contribution >= 4 is 60.8 Å². The van der Waals surface area contributed by atoms with Crippen molar-refractivity contribution in [3.63, 3.8) is 0 Å². The van der Waals surface area contributed by atoms with Crippen molar-refractivity contribution in [1.29, 1.82) is 0 Å². The van der Waals surface area contributed by atoms with Crippen LogP contribution in [-0.2, 0) is 10.8 Å². The van der Waals surface area contributed by atoms with Gasteiger partial charge in [0.05, 0.1) is 16.4 Å². The van der Waals surface area contributed by atoms with Gasteiger partial charge in [0.15, 0.2) is 0 Å². The number of anilines is 3. The van der Waals surface area contributed by atoms with E-state index in [2.05, 4.69) is 266 Å². The molecule has 0 atom stereocenters. The zero-order valence-electron chi connectivity index (χ0n) is 40.6. The number of benzene rings is 11. The van der Waals surface area contributed by atoms with Crippen molar-refractivity contribution in [2.75, 3.05) is 4.90 Å². The zero-order chi connectivity index (χ0) is 48.4. The van der Waals surface area contributed by atoms with Gasteiger partial charge >= 0.3 is 0 Å². The fourth-order valence-corrected chi connectivity index (χ4v) is 12.9. The Morgan fingerprint density at radius 1 is 0.342 bits per heavy atom. The van der Waals surface area contributed by atoms with E-state index in [1.54, 1.807) is 0 Å². The van der Waals surface area contributed by atoms with Crippen LogP contribution in [0.2, 0.25) is 0 Å². The summed E-state index contributed by atoms with van der Waals surface area (Å²) < 4.78 is 8.66. The normalized spacial score (nSPS) is 13.8. The highest BCUT2D eigenvalue weighted by Crippen LogP contribution is 2.58.